The Hall–Kier alpha value is -2.61. The number of nitrogens with zero attached hydrogens (tertiary/aromatic N) is 1. The fourth-order valence-electron chi connectivity index (χ4n) is 1.76. The van der Waals surface area contributed by atoms with Crippen molar-refractivity contribution in [2.24, 2.45) is 0 Å². The first kappa shape index (κ1) is 11.9. The summed E-state index contributed by atoms with van der Waals surface area (Å²) in [6.45, 7) is 1.76. The van der Waals surface area contributed by atoms with E-state index >= 15 is 0 Å². The summed E-state index contributed by atoms with van der Waals surface area (Å²) in [5.74, 6) is -1.66. The minimum absolute atomic E-state index is 0.137. The van der Waals surface area contributed by atoms with Crippen LogP contribution in [0.15, 0.2) is 24.4 Å². The van der Waals surface area contributed by atoms with Crippen molar-refractivity contribution in [2.75, 3.05) is 6.61 Å². The average molecular weight is 242 g/mol. The zero-order valence-electron chi connectivity index (χ0n) is 9.69. The van der Waals surface area contributed by atoms with E-state index in [1.165, 1.54) is 6.20 Å². The molecule has 0 aliphatic rings. The van der Waals surface area contributed by atoms with Crippen LogP contribution in [0.25, 0.3) is 10.9 Å². The van der Waals surface area contributed by atoms with Gasteiger partial charge in [0.15, 0.2) is 0 Å². The van der Waals surface area contributed by atoms with E-state index in [4.69, 9.17) is 5.26 Å². The summed E-state index contributed by atoms with van der Waals surface area (Å²) in [5.41, 5.74) is 1.16. The fraction of sp³-hybridized carbons (Fsp3) is 0.154. The molecule has 1 aromatic heterocycles. The zero-order chi connectivity index (χ0) is 13.1. The number of fused-ring (bicyclic) bond motifs is 1. The van der Waals surface area contributed by atoms with E-state index in [0.29, 0.717) is 16.5 Å². The number of carbonyl (C=O) groups excluding carboxylic acids is 2. The molecule has 0 unspecified atom stereocenters. The van der Waals surface area contributed by atoms with Crippen LogP contribution in [0.5, 0.6) is 0 Å². The molecular formula is C13H10N2O3. The first-order valence-electron chi connectivity index (χ1n) is 5.40. The first-order chi connectivity index (χ1) is 8.69. The molecule has 0 aliphatic carbocycles. The number of esters is 1. The SMILES string of the molecule is CCOC(=O)C(=O)c1c[nH]c2cccc(C#N)c12. The number of Topliss-reactive ketones (excluding diaryl/α,β-unsaturated/α-hetero) is 1. The third kappa shape index (κ3) is 1.84. The Bertz CT molecular complexity index is 664. The highest BCUT2D eigenvalue weighted by Gasteiger charge is 2.22. The van der Waals surface area contributed by atoms with Crippen LogP contribution in [0.3, 0.4) is 0 Å². The summed E-state index contributed by atoms with van der Waals surface area (Å²) >= 11 is 0. The van der Waals surface area contributed by atoms with Crippen LogP contribution in [0.1, 0.15) is 22.8 Å². The van der Waals surface area contributed by atoms with Gasteiger partial charge in [-0.3, -0.25) is 4.79 Å². The van der Waals surface area contributed by atoms with Gasteiger partial charge in [0.25, 0.3) is 5.78 Å². The molecule has 5 heteroatoms. The van der Waals surface area contributed by atoms with Crippen molar-refractivity contribution in [3.63, 3.8) is 0 Å². The zero-order valence-corrected chi connectivity index (χ0v) is 9.69. The molecule has 0 amide bonds. The topological polar surface area (TPSA) is 83.0 Å². The van der Waals surface area contributed by atoms with Crippen molar-refractivity contribution in [1.29, 1.82) is 5.26 Å². The lowest BCUT2D eigenvalue weighted by Crippen LogP contribution is -2.17. The van der Waals surface area contributed by atoms with Crippen molar-refractivity contribution in [2.45, 2.75) is 6.92 Å². The number of benzene rings is 1. The predicted molar refractivity (Wildman–Crippen MR) is 64.0 cm³/mol. The van der Waals surface area contributed by atoms with E-state index in [1.807, 2.05) is 6.07 Å². The number of ketones is 1. The van der Waals surface area contributed by atoms with Crippen molar-refractivity contribution in [3.8, 4) is 6.07 Å². The maximum Gasteiger partial charge on any atom is 0.379 e. The molecule has 0 radical (unpaired) electrons. The highest BCUT2D eigenvalue weighted by atomic mass is 16.5. The molecule has 2 rings (SSSR count). The number of hydrogen-bond acceptors (Lipinski definition) is 4. The smallest absolute Gasteiger partial charge is 0.379 e. The molecule has 0 aliphatic heterocycles. The first-order valence-corrected chi connectivity index (χ1v) is 5.40. The summed E-state index contributed by atoms with van der Waals surface area (Å²) in [6, 6.07) is 7.03. The van der Waals surface area contributed by atoms with Crippen LogP contribution < -0.4 is 0 Å². The van der Waals surface area contributed by atoms with Gasteiger partial charge in [-0.15, -0.1) is 0 Å². The summed E-state index contributed by atoms with van der Waals surface area (Å²) in [6.07, 6.45) is 1.42. The second kappa shape index (κ2) is 4.72. The molecule has 0 atom stereocenters. The number of ether oxygens (including phenoxy) is 1. The Balaban J connectivity index is 2.56. The number of nitrogens with one attached hydrogen (secondary N) is 1. The Labute approximate surface area is 103 Å². The largest absolute Gasteiger partial charge is 0.460 e. The second-order valence-corrected chi connectivity index (χ2v) is 3.59. The number of aromatic nitrogens is 1. The van der Waals surface area contributed by atoms with Gasteiger partial charge in [-0.2, -0.15) is 5.26 Å². The van der Waals surface area contributed by atoms with Crippen LogP contribution in [0, 0.1) is 11.3 Å². The highest BCUT2D eigenvalue weighted by molar-refractivity contribution is 6.43. The number of aromatic amines is 1. The molecule has 90 valence electrons. The minimum atomic E-state index is -0.911. The Morgan fingerprint density at radius 1 is 1.44 bits per heavy atom. The Morgan fingerprint density at radius 3 is 2.89 bits per heavy atom. The molecule has 1 heterocycles. The summed E-state index contributed by atoms with van der Waals surface area (Å²) < 4.78 is 4.66. The summed E-state index contributed by atoms with van der Waals surface area (Å²) in [5, 5.41) is 9.47. The van der Waals surface area contributed by atoms with Crippen LogP contribution in [0.2, 0.25) is 0 Å². The van der Waals surface area contributed by atoms with Gasteiger partial charge in [0.05, 0.1) is 23.8 Å². The molecular weight excluding hydrogens is 232 g/mol. The lowest BCUT2D eigenvalue weighted by molar-refractivity contribution is -0.137. The lowest BCUT2D eigenvalue weighted by atomic mass is 10.0. The maximum absolute atomic E-state index is 11.9. The van der Waals surface area contributed by atoms with E-state index in [0.717, 1.165) is 0 Å². The van der Waals surface area contributed by atoms with Gasteiger partial charge >= 0.3 is 5.97 Å². The monoisotopic (exact) mass is 242 g/mol. The number of hydrogen-bond donors (Lipinski definition) is 1. The van der Waals surface area contributed by atoms with Crippen molar-refractivity contribution >= 4 is 22.7 Å². The molecule has 0 bridgehead atoms. The fourth-order valence-corrected chi connectivity index (χ4v) is 1.76. The van der Waals surface area contributed by atoms with Crippen LogP contribution in [-0.4, -0.2) is 23.3 Å². The number of rotatable bonds is 3. The van der Waals surface area contributed by atoms with E-state index in [-0.39, 0.29) is 12.2 Å². The third-order valence-electron chi connectivity index (χ3n) is 2.53. The Kier molecular flexibility index (Phi) is 3.11. The molecule has 1 N–H and O–H groups in total. The molecule has 1 aromatic carbocycles. The molecule has 0 saturated carbocycles. The van der Waals surface area contributed by atoms with Crippen LogP contribution >= 0.6 is 0 Å². The minimum Gasteiger partial charge on any atom is -0.460 e. The van der Waals surface area contributed by atoms with Gasteiger partial charge in [0.1, 0.15) is 0 Å². The van der Waals surface area contributed by atoms with Gasteiger partial charge in [-0.1, -0.05) is 6.07 Å². The second-order valence-electron chi connectivity index (χ2n) is 3.59. The standard InChI is InChI=1S/C13H10N2O3/c1-2-18-13(17)12(16)9-7-15-10-5-3-4-8(6-14)11(9)10/h3-5,7,15H,2H2,1H3. The van der Waals surface area contributed by atoms with Gasteiger partial charge in [0.2, 0.25) is 0 Å². The normalized spacial score (nSPS) is 10.0. The summed E-state index contributed by atoms with van der Waals surface area (Å²) in [4.78, 5) is 26.2. The van der Waals surface area contributed by atoms with Gasteiger partial charge in [0, 0.05) is 17.1 Å². The average Bonchev–Trinajstić information content (AvgIpc) is 2.81. The van der Waals surface area contributed by atoms with E-state index < -0.39 is 11.8 Å². The number of H-pyrrole nitrogens is 1. The third-order valence-corrected chi connectivity index (χ3v) is 2.53. The molecule has 0 fully saturated rings. The van der Waals surface area contributed by atoms with E-state index in [9.17, 15) is 9.59 Å². The molecule has 0 saturated heterocycles. The molecule has 0 spiro atoms. The van der Waals surface area contributed by atoms with E-state index in [1.54, 1.807) is 25.1 Å². The van der Waals surface area contributed by atoms with Crippen LogP contribution in [-0.2, 0) is 9.53 Å². The van der Waals surface area contributed by atoms with Crippen molar-refractivity contribution in [1.82, 2.24) is 4.98 Å². The highest BCUT2D eigenvalue weighted by Crippen LogP contribution is 2.22. The van der Waals surface area contributed by atoms with Crippen molar-refractivity contribution in [3.05, 3.63) is 35.5 Å². The van der Waals surface area contributed by atoms with Gasteiger partial charge in [-0.25, -0.2) is 4.79 Å². The van der Waals surface area contributed by atoms with Gasteiger partial charge in [-0.05, 0) is 19.1 Å². The lowest BCUT2D eigenvalue weighted by Gasteiger charge is -2.00. The summed E-state index contributed by atoms with van der Waals surface area (Å²) in [7, 11) is 0. The quantitative estimate of drug-likeness (QED) is 0.505. The molecule has 2 aromatic rings. The maximum atomic E-state index is 11.9. The number of nitriles is 1. The predicted octanol–water partition coefficient (Wildman–Crippen LogP) is 1.79. The molecule has 18 heavy (non-hydrogen) atoms. The number of carbonyl (C=O) groups is 2. The molecule has 5 nitrogen and oxygen atoms in total. The van der Waals surface area contributed by atoms with Gasteiger partial charge < -0.3 is 9.72 Å². The van der Waals surface area contributed by atoms with Crippen LogP contribution in [0.4, 0.5) is 0 Å². The van der Waals surface area contributed by atoms with Crippen molar-refractivity contribution < 1.29 is 14.3 Å². The van der Waals surface area contributed by atoms with E-state index in [2.05, 4.69) is 9.72 Å². The Morgan fingerprint density at radius 2 is 2.22 bits per heavy atom.